The van der Waals surface area contributed by atoms with Gasteiger partial charge in [-0.05, 0) is 62.4 Å². The first-order valence-electron chi connectivity index (χ1n) is 12.5. The Labute approximate surface area is 228 Å². The molecule has 1 fully saturated rings. The number of rotatable bonds is 9. The summed E-state index contributed by atoms with van der Waals surface area (Å²) in [5.74, 6) is 0.591. The van der Waals surface area contributed by atoms with Gasteiger partial charge in [-0.25, -0.2) is 13.4 Å². The molecule has 4 rings (SSSR count). The molecule has 0 atom stereocenters. The molecule has 0 saturated carbocycles. The van der Waals surface area contributed by atoms with Crippen LogP contribution in [0.25, 0.3) is 0 Å². The van der Waals surface area contributed by atoms with E-state index in [2.05, 4.69) is 15.4 Å². The third-order valence-corrected chi connectivity index (χ3v) is 8.17. The molecule has 3 aromatic rings. The molecule has 1 aliphatic heterocycles. The van der Waals surface area contributed by atoms with Crippen LogP contribution in [-0.4, -0.2) is 54.2 Å². The van der Waals surface area contributed by atoms with E-state index in [4.69, 9.17) is 11.6 Å². The highest BCUT2D eigenvalue weighted by molar-refractivity contribution is 7.90. The molecule has 0 radical (unpaired) electrons. The van der Waals surface area contributed by atoms with Gasteiger partial charge in [0.2, 0.25) is 0 Å². The van der Waals surface area contributed by atoms with Crippen molar-refractivity contribution in [2.24, 2.45) is 13.0 Å². The van der Waals surface area contributed by atoms with Gasteiger partial charge in [-0.2, -0.15) is 5.10 Å². The molecular weight excluding hydrogens is 526 g/mol. The lowest BCUT2D eigenvalue weighted by Crippen LogP contribution is -2.35. The Bertz CT molecular complexity index is 1430. The fourth-order valence-corrected chi connectivity index (χ4v) is 5.37. The van der Waals surface area contributed by atoms with Gasteiger partial charge in [-0.15, -0.1) is 0 Å². The molecule has 202 valence electrons. The summed E-state index contributed by atoms with van der Waals surface area (Å²) in [7, 11) is -1.63. The number of carbonyl (C=O) groups is 2. The zero-order valence-corrected chi connectivity index (χ0v) is 23.3. The number of amides is 1. The molecule has 0 bridgehead atoms. The number of ketones is 1. The van der Waals surface area contributed by atoms with Crippen molar-refractivity contribution in [3.8, 4) is 0 Å². The standard InChI is InChI=1S/C27H32ClN5O4S/c1-18-13-22(31-32(18)2)7-8-23(34)14-19-9-11-33(12-10-19)26-25(16-24(17-29-26)38(3,36)37)30-27(35)20-5-4-6-21(28)15-20/h4-6,13,15-17,19H,7-12,14H2,1-3H3,(H,30,35). The summed E-state index contributed by atoms with van der Waals surface area (Å²) in [5, 5.41) is 7.66. The van der Waals surface area contributed by atoms with E-state index in [0.717, 1.165) is 30.5 Å². The van der Waals surface area contributed by atoms with Gasteiger partial charge in [0.15, 0.2) is 15.7 Å². The van der Waals surface area contributed by atoms with Crippen LogP contribution in [0.2, 0.25) is 5.02 Å². The zero-order valence-electron chi connectivity index (χ0n) is 21.8. The topological polar surface area (TPSA) is 114 Å². The highest BCUT2D eigenvalue weighted by atomic mass is 35.5. The van der Waals surface area contributed by atoms with Crippen LogP contribution in [0.4, 0.5) is 11.5 Å². The second kappa shape index (κ2) is 11.7. The Morgan fingerprint density at radius 2 is 1.89 bits per heavy atom. The first-order chi connectivity index (χ1) is 18.0. The van der Waals surface area contributed by atoms with E-state index in [-0.39, 0.29) is 16.6 Å². The van der Waals surface area contributed by atoms with Crippen LogP contribution in [0.1, 0.15) is 47.4 Å². The first kappa shape index (κ1) is 27.8. The Balaban J connectivity index is 1.41. The second-order valence-corrected chi connectivity index (χ2v) is 12.3. The van der Waals surface area contributed by atoms with E-state index >= 15 is 0 Å². The fourth-order valence-electron chi connectivity index (χ4n) is 4.61. The van der Waals surface area contributed by atoms with Crippen LogP contribution < -0.4 is 10.2 Å². The van der Waals surface area contributed by atoms with Crippen LogP contribution in [0, 0.1) is 12.8 Å². The van der Waals surface area contributed by atoms with Crippen LogP contribution in [0.5, 0.6) is 0 Å². The molecule has 0 spiro atoms. The van der Waals surface area contributed by atoms with E-state index in [0.29, 0.717) is 54.4 Å². The second-order valence-electron chi connectivity index (χ2n) is 9.85. The van der Waals surface area contributed by atoms with E-state index in [1.807, 2.05) is 29.6 Å². The maximum absolute atomic E-state index is 12.9. The molecule has 1 aliphatic rings. The minimum absolute atomic E-state index is 0.0197. The number of sulfone groups is 1. The number of nitrogens with zero attached hydrogens (tertiary/aromatic N) is 4. The van der Waals surface area contributed by atoms with Crippen molar-refractivity contribution in [3.63, 3.8) is 0 Å². The number of benzene rings is 1. The number of hydrogen-bond donors (Lipinski definition) is 1. The van der Waals surface area contributed by atoms with E-state index in [1.165, 1.54) is 12.3 Å². The molecule has 2 aromatic heterocycles. The number of piperidine rings is 1. The minimum Gasteiger partial charge on any atom is -0.355 e. The number of halogens is 1. The number of hydrogen-bond acceptors (Lipinski definition) is 7. The van der Waals surface area contributed by atoms with Crippen molar-refractivity contribution >= 4 is 44.6 Å². The SMILES string of the molecule is Cc1cc(CCC(=O)CC2CCN(c3ncc(S(C)(=O)=O)cc3NC(=O)c3cccc(Cl)c3)CC2)nn1C. The summed E-state index contributed by atoms with van der Waals surface area (Å²) in [6, 6.07) is 9.97. The van der Waals surface area contributed by atoms with Gasteiger partial charge in [0.1, 0.15) is 5.78 Å². The molecular formula is C27H32ClN5O4S. The number of nitrogens with one attached hydrogen (secondary N) is 1. The average molecular weight is 558 g/mol. The molecule has 1 amide bonds. The van der Waals surface area contributed by atoms with Crippen molar-refractivity contribution in [2.75, 3.05) is 29.6 Å². The predicted molar refractivity (Wildman–Crippen MR) is 148 cm³/mol. The Kier molecular flexibility index (Phi) is 8.52. The Hall–Kier alpha value is -3.24. The van der Waals surface area contributed by atoms with Gasteiger partial charge in [-0.3, -0.25) is 14.3 Å². The fraction of sp³-hybridized carbons (Fsp3) is 0.407. The third kappa shape index (κ3) is 6.99. The van der Waals surface area contributed by atoms with Crippen LogP contribution in [-0.2, 0) is 28.1 Å². The number of aromatic nitrogens is 3. The quantitative estimate of drug-likeness (QED) is 0.418. The van der Waals surface area contributed by atoms with Crippen LogP contribution in [0.3, 0.4) is 0 Å². The highest BCUT2D eigenvalue weighted by Gasteiger charge is 2.25. The zero-order chi connectivity index (χ0) is 27.4. The monoisotopic (exact) mass is 557 g/mol. The number of aryl methyl sites for hydroxylation is 3. The summed E-state index contributed by atoms with van der Waals surface area (Å²) in [5.41, 5.74) is 2.68. The lowest BCUT2D eigenvalue weighted by atomic mass is 9.90. The molecule has 3 heterocycles. The minimum atomic E-state index is -3.53. The molecule has 38 heavy (non-hydrogen) atoms. The van der Waals surface area contributed by atoms with Gasteiger partial charge in [-0.1, -0.05) is 17.7 Å². The molecule has 9 nitrogen and oxygen atoms in total. The molecule has 1 N–H and O–H groups in total. The Morgan fingerprint density at radius 1 is 1.16 bits per heavy atom. The van der Waals surface area contributed by atoms with Gasteiger partial charge < -0.3 is 10.2 Å². The molecule has 0 unspecified atom stereocenters. The van der Waals surface area contributed by atoms with Crippen molar-refractivity contribution in [3.05, 3.63) is 64.6 Å². The highest BCUT2D eigenvalue weighted by Crippen LogP contribution is 2.31. The van der Waals surface area contributed by atoms with Gasteiger partial charge in [0.25, 0.3) is 5.91 Å². The van der Waals surface area contributed by atoms with Gasteiger partial charge >= 0.3 is 0 Å². The first-order valence-corrected chi connectivity index (χ1v) is 14.8. The summed E-state index contributed by atoms with van der Waals surface area (Å²) >= 11 is 6.03. The number of pyridine rings is 1. The largest absolute Gasteiger partial charge is 0.355 e. The van der Waals surface area contributed by atoms with E-state index in [1.54, 1.807) is 24.3 Å². The number of carbonyl (C=O) groups excluding carboxylic acids is 2. The summed E-state index contributed by atoms with van der Waals surface area (Å²) in [4.78, 5) is 32.0. The van der Waals surface area contributed by atoms with Gasteiger partial charge in [0, 0.05) is 61.7 Å². The van der Waals surface area contributed by atoms with E-state index in [9.17, 15) is 18.0 Å². The van der Waals surface area contributed by atoms with Crippen molar-refractivity contribution in [1.82, 2.24) is 14.8 Å². The summed E-state index contributed by atoms with van der Waals surface area (Å²) in [6.07, 6.45) is 5.66. The summed E-state index contributed by atoms with van der Waals surface area (Å²) < 4.78 is 26.1. The van der Waals surface area contributed by atoms with Crippen LogP contribution in [0.15, 0.2) is 47.5 Å². The van der Waals surface area contributed by atoms with E-state index < -0.39 is 15.7 Å². The number of Topliss-reactive ketones (excluding diaryl/α,β-unsaturated/α-hetero) is 1. The van der Waals surface area contributed by atoms with Gasteiger partial charge in [0.05, 0.1) is 16.3 Å². The third-order valence-electron chi connectivity index (χ3n) is 6.86. The Morgan fingerprint density at radius 3 is 2.53 bits per heavy atom. The van der Waals surface area contributed by atoms with Crippen LogP contribution >= 0.6 is 11.6 Å². The lowest BCUT2D eigenvalue weighted by molar-refractivity contribution is -0.120. The molecule has 11 heteroatoms. The van der Waals surface area contributed by atoms with Crippen molar-refractivity contribution in [1.29, 1.82) is 0 Å². The smallest absolute Gasteiger partial charge is 0.255 e. The number of anilines is 2. The maximum atomic E-state index is 12.9. The predicted octanol–water partition coefficient (Wildman–Crippen LogP) is 4.24. The average Bonchev–Trinajstić information content (AvgIpc) is 3.19. The lowest BCUT2D eigenvalue weighted by Gasteiger charge is -2.33. The molecule has 1 saturated heterocycles. The van der Waals surface area contributed by atoms with Crippen molar-refractivity contribution in [2.45, 2.75) is 43.9 Å². The molecule has 0 aliphatic carbocycles. The maximum Gasteiger partial charge on any atom is 0.255 e. The molecule has 1 aromatic carbocycles. The van der Waals surface area contributed by atoms with Crippen molar-refractivity contribution < 1.29 is 18.0 Å². The summed E-state index contributed by atoms with van der Waals surface area (Å²) in [6.45, 7) is 3.27. The normalized spacial score (nSPS) is 14.5.